The molecule has 192 valence electrons. The van der Waals surface area contributed by atoms with Gasteiger partial charge >= 0.3 is 6.09 Å². The molecule has 0 spiro atoms. The minimum Gasteiger partial charge on any atom is -0.450 e. The number of halogens is 1. The van der Waals surface area contributed by atoms with Gasteiger partial charge in [0.15, 0.2) is 0 Å². The zero-order valence-corrected chi connectivity index (χ0v) is 21.1. The van der Waals surface area contributed by atoms with Crippen LogP contribution in [0.3, 0.4) is 0 Å². The maximum absolute atomic E-state index is 13.6. The largest absolute Gasteiger partial charge is 0.450 e. The van der Waals surface area contributed by atoms with Gasteiger partial charge in [-0.25, -0.2) is 22.3 Å². The Morgan fingerprint density at radius 3 is 2.81 bits per heavy atom. The molecular formula is C27H32FN3O4S. The van der Waals surface area contributed by atoms with Crippen LogP contribution in [0.25, 0.3) is 17.2 Å². The fraction of sp³-hybridized carbons (Fsp3) is 0.481. The van der Waals surface area contributed by atoms with Crippen LogP contribution >= 0.6 is 0 Å². The van der Waals surface area contributed by atoms with Crippen LogP contribution in [-0.2, 0) is 14.8 Å². The highest BCUT2D eigenvalue weighted by Crippen LogP contribution is 2.49. The second-order valence-electron chi connectivity index (χ2n) is 10.1. The van der Waals surface area contributed by atoms with E-state index in [9.17, 15) is 17.6 Å². The highest BCUT2D eigenvalue weighted by atomic mass is 32.2. The van der Waals surface area contributed by atoms with Gasteiger partial charge in [0.2, 0.25) is 10.0 Å². The molecule has 1 aliphatic heterocycles. The van der Waals surface area contributed by atoms with Crippen molar-refractivity contribution in [3.05, 3.63) is 60.2 Å². The van der Waals surface area contributed by atoms with Crippen LogP contribution in [0.5, 0.6) is 0 Å². The highest BCUT2D eigenvalue weighted by molar-refractivity contribution is 7.89. The molecule has 2 N–H and O–H groups in total. The van der Waals surface area contributed by atoms with Crippen molar-refractivity contribution in [1.29, 1.82) is 0 Å². The number of alkyl carbamates (subject to hydrolysis) is 1. The molecule has 0 radical (unpaired) electrons. The average Bonchev–Trinajstić information content (AvgIpc) is 3.15. The number of carbonyl (C=O) groups is 1. The van der Waals surface area contributed by atoms with Gasteiger partial charge in [-0.1, -0.05) is 24.3 Å². The van der Waals surface area contributed by atoms with E-state index < -0.39 is 10.0 Å². The number of carbonyl (C=O) groups excluding carboxylic acids is 1. The molecule has 3 aliphatic rings. The number of rotatable bonds is 5. The summed E-state index contributed by atoms with van der Waals surface area (Å²) in [6, 6.07) is 10.2. The summed E-state index contributed by atoms with van der Waals surface area (Å²) in [6.07, 6.45) is 8.85. The Bertz CT molecular complexity index is 1230. The molecule has 7 nitrogen and oxygen atoms in total. The first-order valence-electron chi connectivity index (χ1n) is 12.6. The highest BCUT2D eigenvalue weighted by Gasteiger charge is 2.51. The number of aromatic nitrogens is 1. The normalized spacial score (nSPS) is 30.9. The monoisotopic (exact) mass is 513 g/mol. The van der Waals surface area contributed by atoms with Crippen molar-refractivity contribution in [2.45, 2.75) is 44.7 Å². The summed E-state index contributed by atoms with van der Waals surface area (Å²) in [5.74, 6) is 0.635. The Kier molecular flexibility index (Phi) is 7.12. The fourth-order valence-corrected chi connectivity index (χ4v) is 8.12. The number of sulfonamides is 1. The summed E-state index contributed by atoms with van der Waals surface area (Å²) >= 11 is 0. The lowest BCUT2D eigenvalue weighted by atomic mass is 9.60. The van der Waals surface area contributed by atoms with Crippen molar-refractivity contribution in [2.75, 3.05) is 12.4 Å². The molecule has 36 heavy (non-hydrogen) atoms. The smallest absolute Gasteiger partial charge is 0.407 e. The van der Waals surface area contributed by atoms with Gasteiger partial charge in [0.25, 0.3) is 0 Å². The summed E-state index contributed by atoms with van der Waals surface area (Å²) in [5.41, 5.74) is 2.37. The number of pyridine rings is 1. The summed E-state index contributed by atoms with van der Waals surface area (Å²) < 4.78 is 46.5. The third-order valence-electron chi connectivity index (χ3n) is 7.84. The van der Waals surface area contributed by atoms with Gasteiger partial charge in [-0.15, -0.1) is 0 Å². The predicted molar refractivity (Wildman–Crippen MR) is 136 cm³/mol. The number of nitrogens with zero attached hydrogens (tertiary/aromatic N) is 1. The van der Waals surface area contributed by atoms with E-state index in [1.807, 2.05) is 24.3 Å². The fourth-order valence-electron chi connectivity index (χ4n) is 6.35. The topological polar surface area (TPSA) is 97.4 Å². The first-order valence-corrected chi connectivity index (χ1v) is 14.3. The third kappa shape index (κ3) is 5.47. The Morgan fingerprint density at radius 2 is 2.06 bits per heavy atom. The molecule has 2 aliphatic carbocycles. The van der Waals surface area contributed by atoms with E-state index in [2.05, 4.69) is 21.1 Å². The number of amides is 1. The molecule has 1 aromatic heterocycles. The number of hydrogen-bond donors (Lipinski definition) is 2. The molecule has 0 bridgehead atoms. The Hall–Kier alpha value is -2.78. The zero-order chi connectivity index (χ0) is 25.3. The zero-order valence-electron chi connectivity index (χ0n) is 20.3. The lowest BCUT2D eigenvalue weighted by molar-refractivity contribution is 0.0628. The van der Waals surface area contributed by atoms with Crippen LogP contribution in [0, 0.1) is 29.5 Å². The van der Waals surface area contributed by atoms with Crippen LogP contribution in [0.4, 0.5) is 9.18 Å². The minimum atomic E-state index is -3.29. The van der Waals surface area contributed by atoms with E-state index in [0.717, 1.165) is 42.5 Å². The average molecular weight is 514 g/mol. The third-order valence-corrected chi connectivity index (χ3v) is 9.34. The van der Waals surface area contributed by atoms with Crippen LogP contribution in [-0.4, -0.2) is 43.9 Å². The molecule has 9 heteroatoms. The SMILES string of the molecule is CCOC(=O)N[C@@H]1CC[C@@H]2[C@@H](C1)C[C@H]1CS(=O)(=O)N[C@H]1[C@H]2/C=C/c1ccc(-c2cccc(F)c2)cn1. The molecule has 2 aromatic rings. The van der Waals surface area contributed by atoms with Gasteiger partial charge in [0.1, 0.15) is 5.82 Å². The molecule has 1 saturated heterocycles. The molecule has 6 atom stereocenters. The van der Waals surface area contributed by atoms with Gasteiger partial charge in [0, 0.05) is 23.8 Å². The number of fused-ring (bicyclic) bond motifs is 2. The minimum absolute atomic E-state index is 0.0504. The number of nitrogens with one attached hydrogen (secondary N) is 2. The maximum Gasteiger partial charge on any atom is 0.407 e. The van der Waals surface area contributed by atoms with Crippen molar-refractivity contribution >= 4 is 22.2 Å². The molecule has 2 heterocycles. The van der Waals surface area contributed by atoms with Gasteiger partial charge in [-0.05, 0) is 86.1 Å². The molecule has 0 unspecified atom stereocenters. The van der Waals surface area contributed by atoms with Crippen LogP contribution < -0.4 is 10.0 Å². The summed E-state index contributed by atoms with van der Waals surface area (Å²) in [6.45, 7) is 2.12. The van der Waals surface area contributed by atoms with Gasteiger partial charge in [-0.2, -0.15) is 0 Å². The predicted octanol–water partition coefficient (Wildman–Crippen LogP) is 4.37. The first kappa shape index (κ1) is 24.9. The first-order chi connectivity index (χ1) is 17.3. The van der Waals surface area contributed by atoms with E-state index in [0.29, 0.717) is 18.4 Å². The second kappa shape index (κ2) is 10.3. The molecule has 3 fully saturated rings. The molecular weight excluding hydrogens is 481 g/mol. The van der Waals surface area contributed by atoms with Crippen molar-refractivity contribution in [1.82, 2.24) is 15.0 Å². The van der Waals surface area contributed by atoms with Crippen molar-refractivity contribution in [3.63, 3.8) is 0 Å². The number of ether oxygens (including phenoxy) is 1. The van der Waals surface area contributed by atoms with Crippen LogP contribution in [0.15, 0.2) is 48.7 Å². The van der Waals surface area contributed by atoms with E-state index >= 15 is 0 Å². The molecule has 2 saturated carbocycles. The Morgan fingerprint density at radius 1 is 1.19 bits per heavy atom. The van der Waals surface area contributed by atoms with Crippen LogP contribution in [0.1, 0.15) is 38.3 Å². The Labute approximate surface area is 211 Å². The number of benzene rings is 1. The maximum atomic E-state index is 13.6. The van der Waals surface area contributed by atoms with E-state index in [1.165, 1.54) is 12.1 Å². The summed E-state index contributed by atoms with van der Waals surface area (Å²) in [7, 11) is -3.29. The van der Waals surface area contributed by atoms with E-state index in [1.54, 1.807) is 19.2 Å². The van der Waals surface area contributed by atoms with Gasteiger partial charge in [-0.3, -0.25) is 4.98 Å². The molecule has 1 amide bonds. The molecule has 1 aromatic carbocycles. The van der Waals surface area contributed by atoms with Crippen molar-refractivity contribution in [2.24, 2.45) is 23.7 Å². The van der Waals surface area contributed by atoms with Gasteiger partial charge in [0.05, 0.1) is 18.1 Å². The van der Waals surface area contributed by atoms with E-state index in [-0.39, 0.29) is 41.6 Å². The number of hydrogen-bond acceptors (Lipinski definition) is 5. The lowest BCUT2D eigenvalue weighted by Crippen LogP contribution is -2.51. The lowest BCUT2D eigenvalue weighted by Gasteiger charge is -2.47. The standard InChI is InChI=1S/C27H32FN3O4S/c1-2-35-27(32)30-23-9-10-24-19(14-23)12-20-16-36(33,34)31-26(20)25(24)11-8-22-7-6-18(15-29-22)17-4-3-5-21(28)13-17/h3-8,11,13,15,19-20,23-26,31H,2,9-10,12,14,16H2,1H3,(H,30,32)/b11-8+/t19-,20+,23-,24-,25+,26-/m1/s1. The second-order valence-corrected chi connectivity index (χ2v) is 11.9. The van der Waals surface area contributed by atoms with Crippen molar-refractivity contribution in [3.8, 4) is 11.1 Å². The Balaban J connectivity index is 1.33. The summed E-state index contributed by atoms with van der Waals surface area (Å²) in [5, 5.41) is 2.98. The van der Waals surface area contributed by atoms with E-state index in [4.69, 9.17) is 4.74 Å². The van der Waals surface area contributed by atoms with Gasteiger partial charge < -0.3 is 10.1 Å². The van der Waals surface area contributed by atoms with Crippen LogP contribution in [0.2, 0.25) is 0 Å². The quantitative estimate of drug-likeness (QED) is 0.619. The van der Waals surface area contributed by atoms with Crippen molar-refractivity contribution < 1.29 is 22.3 Å². The molecule has 5 rings (SSSR count). The summed E-state index contributed by atoms with van der Waals surface area (Å²) in [4.78, 5) is 16.5.